The van der Waals surface area contributed by atoms with Gasteiger partial charge in [-0.3, -0.25) is 9.89 Å². The summed E-state index contributed by atoms with van der Waals surface area (Å²) in [5.41, 5.74) is 0.506. The first-order valence-corrected chi connectivity index (χ1v) is 8.15. The summed E-state index contributed by atoms with van der Waals surface area (Å²) in [5.74, 6) is 2.29. The van der Waals surface area contributed by atoms with Crippen molar-refractivity contribution in [3.63, 3.8) is 0 Å². The summed E-state index contributed by atoms with van der Waals surface area (Å²) in [5, 5.41) is 10.2. The second kappa shape index (κ2) is 4.08. The van der Waals surface area contributed by atoms with E-state index in [1.807, 2.05) is 0 Å². The maximum Gasteiger partial charge on any atom is 0.291 e. The molecule has 3 aliphatic carbocycles. The molecule has 5 heteroatoms. The predicted octanol–water partition coefficient (Wildman–Crippen LogP) is 2.63. The molecule has 3 unspecified atom stereocenters. The molecule has 1 heterocycles. The van der Waals surface area contributed by atoms with Crippen LogP contribution < -0.4 is 5.32 Å². The zero-order valence-electron chi connectivity index (χ0n) is 13.1. The molecule has 0 saturated heterocycles. The first kappa shape index (κ1) is 13.3. The number of hydrogen-bond donors (Lipinski definition) is 2. The Morgan fingerprint density at radius 2 is 2.05 bits per heavy atom. The Morgan fingerprint density at radius 3 is 2.62 bits per heavy atom. The van der Waals surface area contributed by atoms with Crippen LogP contribution in [0.2, 0.25) is 0 Å². The number of nitrogens with one attached hydrogen (secondary N) is 2. The molecule has 114 valence electrons. The van der Waals surface area contributed by atoms with Crippen LogP contribution in [0, 0.1) is 16.7 Å². The molecule has 1 amide bonds. The summed E-state index contributed by atoms with van der Waals surface area (Å²) in [6, 6.07) is 0.252. The van der Waals surface area contributed by atoms with Crippen molar-refractivity contribution >= 4 is 5.91 Å². The van der Waals surface area contributed by atoms with Crippen LogP contribution in [0.1, 0.15) is 75.2 Å². The summed E-state index contributed by atoms with van der Waals surface area (Å²) in [7, 11) is 0. The second-order valence-corrected chi connectivity index (χ2v) is 7.96. The van der Waals surface area contributed by atoms with Gasteiger partial charge in [-0.25, -0.2) is 4.98 Å². The molecule has 4 rings (SSSR count). The van der Waals surface area contributed by atoms with Gasteiger partial charge in [-0.05, 0) is 48.9 Å². The van der Waals surface area contributed by atoms with E-state index in [-0.39, 0.29) is 17.4 Å². The van der Waals surface area contributed by atoms with Gasteiger partial charge in [0.2, 0.25) is 5.82 Å². The van der Waals surface area contributed by atoms with Crippen molar-refractivity contribution in [2.45, 2.75) is 64.8 Å². The van der Waals surface area contributed by atoms with Gasteiger partial charge < -0.3 is 5.32 Å². The minimum atomic E-state index is -0.118. The van der Waals surface area contributed by atoms with Crippen LogP contribution in [0.3, 0.4) is 0 Å². The lowest BCUT2D eigenvalue weighted by Crippen LogP contribution is -2.47. The molecule has 0 spiro atoms. The smallest absolute Gasteiger partial charge is 0.291 e. The van der Waals surface area contributed by atoms with Gasteiger partial charge in [0, 0.05) is 12.0 Å². The molecule has 0 aromatic carbocycles. The van der Waals surface area contributed by atoms with E-state index in [9.17, 15) is 4.79 Å². The Labute approximate surface area is 125 Å². The van der Waals surface area contributed by atoms with Gasteiger partial charge in [0.1, 0.15) is 5.82 Å². The number of nitrogens with zero attached hydrogens (tertiary/aromatic N) is 2. The highest BCUT2D eigenvalue weighted by atomic mass is 16.2. The van der Waals surface area contributed by atoms with E-state index in [1.54, 1.807) is 0 Å². The van der Waals surface area contributed by atoms with Gasteiger partial charge in [0.25, 0.3) is 5.91 Å². The number of carbonyl (C=O) groups excluding carboxylic acids is 1. The molecule has 1 aromatic rings. The van der Waals surface area contributed by atoms with Gasteiger partial charge >= 0.3 is 0 Å². The fraction of sp³-hybridized carbons (Fsp3) is 0.812. The molecular formula is C16H24N4O. The number of rotatable bonds is 3. The van der Waals surface area contributed by atoms with Crippen LogP contribution in [0.15, 0.2) is 0 Å². The van der Waals surface area contributed by atoms with E-state index >= 15 is 0 Å². The molecular weight excluding hydrogens is 264 g/mol. The van der Waals surface area contributed by atoms with Crippen molar-refractivity contribution in [3.05, 3.63) is 11.6 Å². The largest absolute Gasteiger partial charge is 0.346 e. The number of carbonyl (C=O) groups is 1. The average Bonchev–Trinajstić information content (AvgIpc) is 3.08. The molecule has 3 aliphatic rings. The van der Waals surface area contributed by atoms with E-state index in [0.29, 0.717) is 17.2 Å². The summed E-state index contributed by atoms with van der Waals surface area (Å²) < 4.78 is 0. The summed E-state index contributed by atoms with van der Waals surface area (Å²) in [6.07, 6.45) is 5.91. The second-order valence-electron chi connectivity index (χ2n) is 7.96. The number of fused-ring (bicyclic) bond motifs is 2. The molecule has 0 radical (unpaired) electrons. The van der Waals surface area contributed by atoms with Gasteiger partial charge in [-0.2, -0.15) is 0 Å². The SMILES string of the molecule is CC1(C)C2CCC1(C)C(NC(=O)c1n[nH]c(C3CC3)n1)C2. The molecule has 5 nitrogen and oxygen atoms in total. The lowest BCUT2D eigenvalue weighted by atomic mass is 9.69. The highest BCUT2D eigenvalue weighted by molar-refractivity contribution is 5.90. The quantitative estimate of drug-likeness (QED) is 0.898. The number of amides is 1. The third kappa shape index (κ3) is 1.79. The summed E-state index contributed by atoms with van der Waals surface area (Å²) >= 11 is 0. The molecule has 3 fully saturated rings. The first-order valence-electron chi connectivity index (χ1n) is 8.15. The van der Waals surface area contributed by atoms with Crippen LogP contribution >= 0.6 is 0 Å². The van der Waals surface area contributed by atoms with Crippen molar-refractivity contribution in [1.29, 1.82) is 0 Å². The molecule has 2 bridgehead atoms. The number of hydrogen-bond acceptors (Lipinski definition) is 3. The van der Waals surface area contributed by atoms with E-state index in [1.165, 1.54) is 12.8 Å². The average molecular weight is 288 g/mol. The predicted molar refractivity (Wildman–Crippen MR) is 78.8 cm³/mol. The molecule has 1 aromatic heterocycles. The first-order chi connectivity index (χ1) is 9.92. The third-order valence-corrected chi connectivity index (χ3v) is 6.77. The maximum atomic E-state index is 12.4. The summed E-state index contributed by atoms with van der Waals surface area (Å²) in [6.45, 7) is 7.04. The zero-order valence-corrected chi connectivity index (χ0v) is 13.1. The van der Waals surface area contributed by atoms with Crippen molar-refractivity contribution in [2.24, 2.45) is 16.7 Å². The van der Waals surface area contributed by atoms with Crippen LogP contribution in [0.4, 0.5) is 0 Å². The normalized spacial score (nSPS) is 36.9. The third-order valence-electron chi connectivity index (χ3n) is 6.77. The van der Waals surface area contributed by atoms with Crippen LogP contribution in [-0.2, 0) is 0 Å². The fourth-order valence-corrected chi connectivity index (χ4v) is 4.56. The van der Waals surface area contributed by atoms with Crippen molar-refractivity contribution in [2.75, 3.05) is 0 Å². The van der Waals surface area contributed by atoms with Gasteiger partial charge in [0.15, 0.2) is 0 Å². The van der Waals surface area contributed by atoms with E-state index < -0.39 is 0 Å². The Kier molecular flexibility index (Phi) is 2.58. The van der Waals surface area contributed by atoms with E-state index in [4.69, 9.17) is 0 Å². The number of H-pyrrole nitrogens is 1. The highest BCUT2D eigenvalue weighted by Gasteiger charge is 2.61. The van der Waals surface area contributed by atoms with Gasteiger partial charge in [0.05, 0.1) is 0 Å². The fourth-order valence-electron chi connectivity index (χ4n) is 4.56. The number of aromatic nitrogens is 3. The number of aromatic amines is 1. The molecule has 21 heavy (non-hydrogen) atoms. The van der Waals surface area contributed by atoms with Crippen LogP contribution in [-0.4, -0.2) is 27.1 Å². The maximum absolute atomic E-state index is 12.4. The molecule has 3 saturated carbocycles. The Morgan fingerprint density at radius 1 is 1.29 bits per heavy atom. The Bertz CT molecular complexity index is 589. The minimum Gasteiger partial charge on any atom is -0.346 e. The monoisotopic (exact) mass is 288 g/mol. The minimum absolute atomic E-state index is 0.118. The van der Waals surface area contributed by atoms with Gasteiger partial charge in [-0.15, -0.1) is 5.10 Å². The van der Waals surface area contributed by atoms with Gasteiger partial charge in [-0.1, -0.05) is 20.8 Å². The van der Waals surface area contributed by atoms with Crippen molar-refractivity contribution in [1.82, 2.24) is 20.5 Å². The Hall–Kier alpha value is -1.39. The standard InChI is InChI=1S/C16H24N4O/c1-15(2)10-6-7-16(15,3)11(8-10)17-14(21)13-18-12(19-20-13)9-4-5-9/h9-11H,4-8H2,1-3H3,(H,17,21)(H,18,19,20). The molecule has 3 atom stereocenters. The van der Waals surface area contributed by atoms with E-state index in [0.717, 1.165) is 31.0 Å². The van der Waals surface area contributed by atoms with Crippen molar-refractivity contribution in [3.8, 4) is 0 Å². The highest BCUT2D eigenvalue weighted by Crippen LogP contribution is 2.65. The lowest BCUT2D eigenvalue weighted by Gasteiger charge is -2.39. The molecule has 0 aliphatic heterocycles. The van der Waals surface area contributed by atoms with Crippen molar-refractivity contribution < 1.29 is 4.79 Å². The van der Waals surface area contributed by atoms with Crippen LogP contribution in [0.25, 0.3) is 0 Å². The lowest BCUT2D eigenvalue weighted by molar-refractivity contribution is 0.0817. The Balaban J connectivity index is 1.50. The summed E-state index contributed by atoms with van der Waals surface area (Å²) in [4.78, 5) is 16.8. The van der Waals surface area contributed by atoms with E-state index in [2.05, 4.69) is 41.3 Å². The molecule has 2 N–H and O–H groups in total. The van der Waals surface area contributed by atoms with Crippen LogP contribution in [0.5, 0.6) is 0 Å². The topological polar surface area (TPSA) is 70.7 Å². The zero-order chi connectivity index (χ0) is 14.8.